The number of carbonyl (C=O) groups is 2. The van der Waals surface area contributed by atoms with Crippen molar-refractivity contribution in [2.75, 3.05) is 27.3 Å². The third-order valence-electron chi connectivity index (χ3n) is 5.49. The zero-order valence-electron chi connectivity index (χ0n) is 18.2. The maximum absolute atomic E-state index is 12.9. The number of hydrogen-bond donors (Lipinski definition) is 1. The Morgan fingerprint density at radius 3 is 2.59 bits per heavy atom. The Morgan fingerprint density at radius 2 is 1.94 bits per heavy atom. The molecule has 4 rings (SSSR count). The average Bonchev–Trinajstić information content (AvgIpc) is 3.48. The summed E-state index contributed by atoms with van der Waals surface area (Å²) in [5.41, 5.74) is 1.40. The van der Waals surface area contributed by atoms with E-state index in [1.54, 1.807) is 61.3 Å². The predicted octanol–water partition coefficient (Wildman–Crippen LogP) is 2.13. The van der Waals surface area contributed by atoms with Crippen molar-refractivity contribution < 1.29 is 23.6 Å². The Kier molecular flexibility index (Phi) is 6.11. The summed E-state index contributed by atoms with van der Waals surface area (Å²) in [6.45, 7) is 1.03. The van der Waals surface area contributed by atoms with E-state index in [4.69, 9.17) is 14.0 Å². The lowest BCUT2D eigenvalue weighted by Gasteiger charge is -2.31. The first kappa shape index (κ1) is 21.4. The lowest BCUT2D eigenvalue weighted by atomic mass is 10.0. The number of hydrogen-bond acceptors (Lipinski definition) is 7. The van der Waals surface area contributed by atoms with Gasteiger partial charge < -0.3 is 24.2 Å². The van der Waals surface area contributed by atoms with Gasteiger partial charge in [0.05, 0.1) is 31.5 Å². The van der Waals surface area contributed by atoms with Gasteiger partial charge in [-0.15, -0.1) is 0 Å². The van der Waals surface area contributed by atoms with Gasteiger partial charge in [0, 0.05) is 38.4 Å². The van der Waals surface area contributed by atoms with E-state index in [1.165, 1.54) is 6.20 Å². The number of carbonyl (C=O) groups excluding carboxylic acids is 2. The highest BCUT2D eigenvalue weighted by molar-refractivity contribution is 5.94. The van der Waals surface area contributed by atoms with Crippen LogP contribution in [0.15, 0.2) is 41.2 Å². The summed E-state index contributed by atoms with van der Waals surface area (Å²) in [6, 6.07) is 6.92. The summed E-state index contributed by atoms with van der Waals surface area (Å²) in [5.74, 6) is 1.28. The summed E-state index contributed by atoms with van der Waals surface area (Å²) in [6.07, 6.45) is 4.53. The Bertz CT molecular complexity index is 1110. The molecule has 3 heterocycles. The van der Waals surface area contributed by atoms with Crippen molar-refractivity contribution >= 4 is 11.8 Å². The molecule has 1 aliphatic heterocycles. The molecule has 1 aromatic carbocycles. The number of ether oxygens (including phenoxy) is 2. The molecule has 0 spiro atoms. The highest BCUT2D eigenvalue weighted by atomic mass is 16.5. The molecular formula is C22H25N5O5. The van der Waals surface area contributed by atoms with Crippen molar-refractivity contribution in [1.82, 2.24) is 25.2 Å². The van der Waals surface area contributed by atoms with E-state index in [9.17, 15) is 9.59 Å². The van der Waals surface area contributed by atoms with Crippen molar-refractivity contribution in [3.8, 4) is 22.8 Å². The van der Waals surface area contributed by atoms with E-state index < -0.39 is 0 Å². The van der Waals surface area contributed by atoms with Crippen molar-refractivity contribution in [1.29, 1.82) is 0 Å². The van der Waals surface area contributed by atoms with Gasteiger partial charge in [-0.25, -0.2) is 0 Å². The molecule has 0 bridgehead atoms. The number of aromatic nitrogens is 3. The first-order chi connectivity index (χ1) is 15.5. The molecule has 168 valence electrons. The number of nitrogens with zero attached hydrogens (tertiary/aromatic N) is 4. The molecule has 32 heavy (non-hydrogen) atoms. The fourth-order valence-corrected chi connectivity index (χ4v) is 3.71. The topological polar surface area (TPSA) is 112 Å². The van der Waals surface area contributed by atoms with Crippen LogP contribution in [0.25, 0.3) is 11.3 Å². The minimum atomic E-state index is -0.209. The molecule has 10 heteroatoms. The number of aryl methyl sites for hydroxylation is 1. The second-order valence-corrected chi connectivity index (χ2v) is 7.59. The normalized spacial score (nSPS) is 14.3. The summed E-state index contributed by atoms with van der Waals surface area (Å²) in [7, 11) is 4.90. The smallest absolute Gasteiger partial charge is 0.276 e. The number of nitrogens with one attached hydrogen (secondary N) is 1. The Balaban J connectivity index is 1.38. The molecule has 0 radical (unpaired) electrons. The predicted molar refractivity (Wildman–Crippen MR) is 115 cm³/mol. The zero-order chi connectivity index (χ0) is 22.7. The lowest BCUT2D eigenvalue weighted by Crippen LogP contribution is -2.46. The quantitative estimate of drug-likeness (QED) is 0.626. The van der Waals surface area contributed by atoms with Crippen LogP contribution < -0.4 is 14.8 Å². The van der Waals surface area contributed by atoms with Gasteiger partial charge in [-0.1, -0.05) is 5.16 Å². The van der Waals surface area contributed by atoms with Crippen LogP contribution in [0, 0.1) is 0 Å². The molecule has 0 aliphatic carbocycles. The van der Waals surface area contributed by atoms with Crippen LogP contribution in [0.3, 0.4) is 0 Å². The van der Waals surface area contributed by atoms with Crippen LogP contribution in [0.1, 0.15) is 33.7 Å². The molecule has 2 aromatic heterocycles. The first-order valence-electron chi connectivity index (χ1n) is 10.3. The first-order valence-corrected chi connectivity index (χ1v) is 10.3. The largest absolute Gasteiger partial charge is 0.497 e. The van der Waals surface area contributed by atoms with Crippen LogP contribution >= 0.6 is 0 Å². The van der Waals surface area contributed by atoms with E-state index in [-0.39, 0.29) is 23.6 Å². The highest BCUT2D eigenvalue weighted by Crippen LogP contribution is 2.34. The molecule has 10 nitrogen and oxygen atoms in total. The maximum Gasteiger partial charge on any atom is 0.276 e. The fraction of sp³-hybridized carbons (Fsp3) is 0.364. The molecular weight excluding hydrogens is 414 g/mol. The van der Waals surface area contributed by atoms with Gasteiger partial charge in [0.25, 0.3) is 11.8 Å². The van der Waals surface area contributed by atoms with E-state index in [0.29, 0.717) is 54.3 Å². The Morgan fingerprint density at radius 1 is 1.16 bits per heavy atom. The second kappa shape index (κ2) is 9.13. The molecule has 1 saturated heterocycles. The summed E-state index contributed by atoms with van der Waals surface area (Å²) >= 11 is 0. The van der Waals surface area contributed by atoms with Gasteiger partial charge in [-0.05, 0) is 31.0 Å². The van der Waals surface area contributed by atoms with Gasteiger partial charge in [-0.3, -0.25) is 14.3 Å². The average molecular weight is 439 g/mol. The number of benzene rings is 1. The third-order valence-corrected chi connectivity index (χ3v) is 5.49. The number of piperidine rings is 1. The summed E-state index contributed by atoms with van der Waals surface area (Å²) < 4.78 is 17.7. The molecule has 0 atom stereocenters. The van der Waals surface area contributed by atoms with Gasteiger partial charge in [0.15, 0.2) is 11.5 Å². The van der Waals surface area contributed by atoms with Crippen LogP contribution in [-0.2, 0) is 7.05 Å². The minimum Gasteiger partial charge on any atom is -0.497 e. The van der Waals surface area contributed by atoms with Crippen LogP contribution in [0.2, 0.25) is 0 Å². The van der Waals surface area contributed by atoms with Gasteiger partial charge in [0.1, 0.15) is 11.5 Å². The SMILES string of the molecule is COc1ccc(OC)c(-c2cc(C(=O)N3CCC(NC(=O)c4cnn(C)c4)CC3)no2)c1. The molecule has 1 aliphatic rings. The van der Waals surface area contributed by atoms with Gasteiger partial charge in [-0.2, -0.15) is 5.10 Å². The van der Waals surface area contributed by atoms with Crippen molar-refractivity contribution in [3.05, 3.63) is 47.9 Å². The van der Waals surface area contributed by atoms with Crippen molar-refractivity contribution in [2.24, 2.45) is 7.05 Å². The monoisotopic (exact) mass is 439 g/mol. The lowest BCUT2D eigenvalue weighted by molar-refractivity contribution is 0.0688. The summed E-state index contributed by atoms with van der Waals surface area (Å²) in [5, 5.41) is 11.0. The maximum atomic E-state index is 12.9. The molecule has 0 saturated carbocycles. The van der Waals surface area contributed by atoms with E-state index in [0.717, 1.165) is 0 Å². The third kappa shape index (κ3) is 4.43. The number of amides is 2. The van der Waals surface area contributed by atoms with Gasteiger partial charge >= 0.3 is 0 Å². The molecule has 3 aromatic rings. The van der Waals surface area contributed by atoms with Crippen LogP contribution in [0.5, 0.6) is 11.5 Å². The fourth-order valence-electron chi connectivity index (χ4n) is 3.71. The van der Waals surface area contributed by atoms with Crippen LogP contribution in [-0.4, -0.2) is 65.0 Å². The molecule has 1 N–H and O–H groups in total. The van der Waals surface area contributed by atoms with Crippen molar-refractivity contribution in [2.45, 2.75) is 18.9 Å². The number of likely N-dealkylation sites (tertiary alicyclic amines) is 1. The highest BCUT2D eigenvalue weighted by Gasteiger charge is 2.27. The molecule has 0 unspecified atom stereocenters. The van der Waals surface area contributed by atoms with Gasteiger partial charge in [0.2, 0.25) is 0 Å². The second-order valence-electron chi connectivity index (χ2n) is 7.59. The number of rotatable bonds is 6. The number of methoxy groups -OCH3 is 2. The molecule has 2 amide bonds. The van der Waals surface area contributed by atoms with E-state index in [2.05, 4.69) is 15.6 Å². The van der Waals surface area contributed by atoms with E-state index in [1.807, 2.05) is 0 Å². The van der Waals surface area contributed by atoms with E-state index >= 15 is 0 Å². The Labute approximate surface area is 185 Å². The summed E-state index contributed by atoms with van der Waals surface area (Å²) in [4.78, 5) is 27.0. The van der Waals surface area contributed by atoms with Crippen molar-refractivity contribution in [3.63, 3.8) is 0 Å². The zero-order valence-corrected chi connectivity index (χ0v) is 18.2. The standard InChI is InChI=1S/C22H25N5O5/c1-26-13-14(12-23-26)21(28)24-15-6-8-27(9-7-15)22(29)18-11-20(32-25-18)17-10-16(30-2)4-5-19(17)31-3/h4-5,10-13,15H,6-9H2,1-3H3,(H,24,28). The van der Waals surface area contributed by atoms with Crippen LogP contribution in [0.4, 0.5) is 0 Å². The Hall–Kier alpha value is -3.82. The molecule has 1 fully saturated rings. The minimum absolute atomic E-state index is 0.000621.